The molecule has 14 nitrogen and oxygen atoms in total. The van der Waals surface area contributed by atoms with Gasteiger partial charge in [0, 0.05) is 37.4 Å². The topological polar surface area (TPSA) is 177 Å². The van der Waals surface area contributed by atoms with Gasteiger partial charge in [-0.15, -0.1) is 10.2 Å². The van der Waals surface area contributed by atoms with Gasteiger partial charge >= 0.3 is 11.9 Å². The minimum absolute atomic E-state index is 0.0306. The maximum atomic E-state index is 13.7. The molecule has 0 spiro atoms. The number of aromatic nitrogens is 5. The molecule has 17 heteroatoms. The Labute approximate surface area is 292 Å². The number of sulfonamides is 1. The molecule has 0 aliphatic carbocycles. The van der Waals surface area contributed by atoms with Crippen molar-refractivity contribution < 1.29 is 32.2 Å². The Morgan fingerprint density at radius 2 is 1.82 bits per heavy atom. The summed E-state index contributed by atoms with van der Waals surface area (Å²) in [6, 6.07) is 13.4. The van der Waals surface area contributed by atoms with Gasteiger partial charge in [-0.3, -0.25) is 4.98 Å². The number of nitrogens with one attached hydrogen (secondary N) is 2. The van der Waals surface area contributed by atoms with Crippen molar-refractivity contribution in [1.82, 2.24) is 35.2 Å². The standard InChI is InChI=1S/C32H33Cl2N7O7S/c1-5-48-32(43)27-26(20-11-7-12-21(33)28(20)34)25(31(42)47-4)18(2)37-30(27)22(46-3)17-24-38-40-41(39-24)16-15-36-49(44,45)23-13-6-9-19-10-8-14-35-29(19)23/h6-14,22,26,36-37H,5,15-17H2,1-4H3. The van der Waals surface area contributed by atoms with E-state index in [4.69, 9.17) is 37.4 Å². The molecular weight excluding hydrogens is 697 g/mol. The van der Waals surface area contributed by atoms with Gasteiger partial charge in [-0.1, -0.05) is 53.5 Å². The summed E-state index contributed by atoms with van der Waals surface area (Å²) in [4.78, 5) is 32.3. The summed E-state index contributed by atoms with van der Waals surface area (Å²) in [6.45, 7) is 3.41. The average molecular weight is 731 g/mol. The molecule has 0 amide bonds. The van der Waals surface area contributed by atoms with Crippen LogP contribution >= 0.6 is 23.2 Å². The number of allylic oxidation sites excluding steroid dienone is 1. The minimum Gasteiger partial charge on any atom is -0.466 e. The molecule has 2 unspecified atom stereocenters. The molecular formula is C32H33Cl2N7O7S. The summed E-state index contributed by atoms with van der Waals surface area (Å²) in [5.41, 5.74) is 1.63. The van der Waals surface area contributed by atoms with Crippen LogP contribution in [-0.4, -0.2) is 79.0 Å². The number of carbonyl (C=O) groups excluding carboxylic acids is 2. The predicted molar refractivity (Wildman–Crippen MR) is 180 cm³/mol. The zero-order valence-corrected chi connectivity index (χ0v) is 29.3. The lowest BCUT2D eigenvalue weighted by Crippen LogP contribution is -2.39. The number of hydrogen-bond acceptors (Lipinski definition) is 12. The van der Waals surface area contributed by atoms with E-state index in [0.717, 1.165) is 0 Å². The SMILES string of the molecule is CCOC(=O)C1=C(C(Cc2nnn(CCNS(=O)(=O)c3cccc4cccnc34)n2)OC)NC(C)=C(C(=O)OC)C1c1cccc(Cl)c1Cl. The number of methoxy groups -OCH3 is 2. The number of ether oxygens (including phenoxy) is 3. The van der Waals surface area contributed by atoms with Crippen LogP contribution in [0, 0.1) is 0 Å². The number of nitrogens with zero attached hydrogens (tertiary/aromatic N) is 5. The molecule has 2 aromatic carbocycles. The Hall–Kier alpha value is -4.41. The molecule has 258 valence electrons. The van der Waals surface area contributed by atoms with Gasteiger partial charge in [-0.2, -0.15) is 4.80 Å². The second-order valence-corrected chi connectivity index (χ2v) is 13.3. The van der Waals surface area contributed by atoms with E-state index in [0.29, 0.717) is 27.9 Å². The van der Waals surface area contributed by atoms with Crippen LogP contribution < -0.4 is 10.0 Å². The lowest BCUT2D eigenvalue weighted by molar-refractivity contribution is -0.139. The fraction of sp³-hybridized carbons (Fsp3) is 0.312. The Balaban J connectivity index is 1.41. The van der Waals surface area contributed by atoms with Gasteiger partial charge in [0.1, 0.15) is 11.0 Å². The third-order valence-corrected chi connectivity index (χ3v) is 10.1. The van der Waals surface area contributed by atoms with Crippen LogP contribution in [-0.2, 0) is 46.8 Å². The highest BCUT2D eigenvalue weighted by atomic mass is 35.5. The highest BCUT2D eigenvalue weighted by Crippen LogP contribution is 2.44. The van der Waals surface area contributed by atoms with Crippen LogP contribution in [0.25, 0.3) is 10.9 Å². The van der Waals surface area contributed by atoms with E-state index in [1.54, 1.807) is 56.3 Å². The molecule has 49 heavy (non-hydrogen) atoms. The van der Waals surface area contributed by atoms with Crippen LogP contribution in [0.2, 0.25) is 10.0 Å². The summed E-state index contributed by atoms with van der Waals surface area (Å²) >= 11 is 13.0. The van der Waals surface area contributed by atoms with Crippen molar-refractivity contribution in [3.63, 3.8) is 0 Å². The van der Waals surface area contributed by atoms with E-state index in [1.807, 2.05) is 0 Å². The van der Waals surface area contributed by atoms with Crippen LogP contribution in [0.3, 0.4) is 0 Å². The highest BCUT2D eigenvalue weighted by Gasteiger charge is 2.42. The highest BCUT2D eigenvalue weighted by molar-refractivity contribution is 7.89. The van der Waals surface area contributed by atoms with Crippen molar-refractivity contribution in [2.45, 2.75) is 43.7 Å². The Morgan fingerprint density at radius 1 is 1.06 bits per heavy atom. The lowest BCUT2D eigenvalue weighted by atomic mass is 9.79. The smallest absolute Gasteiger partial charge is 0.336 e. The Morgan fingerprint density at radius 3 is 2.55 bits per heavy atom. The number of fused-ring (bicyclic) bond motifs is 1. The number of para-hydroxylation sites is 1. The number of carbonyl (C=O) groups is 2. The van der Waals surface area contributed by atoms with E-state index in [2.05, 4.69) is 30.4 Å². The van der Waals surface area contributed by atoms with Crippen molar-refractivity contribution in [3.8, 4) is 0 Å². The quantitative estimate of drug-likeness (QED) is 0.191. The first-order chi connectivity index (χ1) is 23.5. The summed E-state index contributed by atoms with van der Waals surface area (Å²) in [7, 11) is -1.21. The number of tetrazole rings is 1. The van der Waals surface area contributed by atoms with Crippen LogP contribution in [0.1, 0.15) is 31.2 Å². The van der Waals surface area contributed by atoms with Crippen LogP contribution in [0.15, 0.2) is 82.2 Å². The second kappa shape index (κ2) is 15.4. The zero-order chi connectivity index (χ0) is 35.3. The predicted octanol–water partition coefficient (Wildman–Crippen LogP) is 3.72. The molecule has 3 heterocycles. The fourth-order valence-corrected chi connectivity index (χ4v) is 7.17. The molecule has 0 saturated heterocycles. The van der Waals surface area contributed by atoms with Gasteiger partial charge in [0.2, 0.25) is 10.0 Å². The van der Waals surface area contributed by atoms with Crippen LogP contribution in [0.5, 0.6) is 0 Å². The maximum Gasteiger partial charge on any atom is 0.336 e. The van der Waals surface area contributed by atoms with Crippen molar-refractivity contribution in [3.05, 3.63) is 98.7 Å². The van der Waals surface area contributed by atoms with E-state index in [1.165, 1.54) is 31.3 Å². The summed E-state index contributed by atoms with van der Waals surface area (Å²) in [5.74, 6) is -2.19. The number of dihydropyridines is 1. The molecule has 2 N–H and O–H groups in total. The first-order valence-corrected chi connectivity index (χ1v) is 17.3. The number of rotatable bonds is 13. The molecule has 2 aromatic heterocycles. The minimum atomic E-state index is -3.89. The number of esters is 2. The first-order valence-electron chi connectivity index (χ1n) is 15.0. The van der Waals surface area contributed by atoms with Gasteiger partial charge in [-0.25, -0.2) is 22.7 Å². The van der Waals surface area contributed by atoms with Crippen LogP contribution in [0.4, 0.5) is 0 Å². The maximum absolute atomic E-state index is 13.7. The monoisotopic (exact) mass is 729 g/mol. The number of benzene rings is 2. The first kappa shape index (κ1) is 35.9. The van der Waals surface area contributed by atoms with Gasteiger partial charge in [-0.05, 0) is 42.8 Å². The van der Waals surface area contributed by atoms with Crippen molar-refractivity contribution in [2.24, 2.45) is 0 Å². The molecule has 0 bridgehead atoms. The summed E-state index contributed by atoms with van der Waals surface area (Å²) in [6.07, 6.45) is 0.710. The molecule has 1 aliphatic rings. The number of hydrogen-bond donors (Lipinski definition) is 2. The van der Waals surface area contributed by atoms with Gasteiger partial charge in [0.15, 0.2) is 5.82 Å². The molecule has 0 radical (unpaired) electrons. The lowest BCUT2D eigenvalue weighted by Gasteiger charge is -2.34. The average Bonchev–Trinajstić information content (AvgIpc) is 3.54. The molecule has 5 rings (SSSR count). The third-order valence-electron chi connectivity index (χ3n) is 7.74. The number of halogens is 2. The molecule has 2 atom stereocenters. The third kappa shape index (κ3) is 7.60. The van der Waals surface area contributed by atoms with Crippen molar-refractivity contribution in [1.29, 1.82) is 0 Å². The van der Waals surface area contributed by atoms with E-state index >= 15 is 0 Å². The fourth-order valence-electron chi connectivity index (χ4n) is 5.55. The Bertz CT molecular complexity index is 2060. The van der Waals surface area contributed by atoms with Crippen molar-refractivity contribution >= 4 is 56.1 Å². The normalized spacial score (nSPS) is 15.7. The summed E-state index contributed by atoms with van der Waals surface area (Å²) in [5, 5.41) is 16.8. The van der Waals surface area contributed by atoms with Crippen molar-refractivity contribution in [2.75, 3.05) is 27.4 Å². The molecule has 4 aromatic rings. The second-order valence-electron chi connectivity index (χ2n) is 10.7. The summed E-state index contributed by atoms with van der Waals surface area (Å²) < 4.78 is 45.1. The van der Waals surface area contributed by atoms with Gasteiger partial charge in [0.05, 0.1) is 58.6 Å². The van der Waals surface area contributed by atoms with E-state index in [9.17, 15) is 18.0 Å². The molecule has 0 saturated carbocycles. The Kier molecular flexibility index (Phi) is 11.3. The largest absolute Gasteiger partial charge is 0.466 e. The van der Waals surface area contributed by atoms with E-state index in [-0.39, 0.29) is 58.0 Å². The molecule has 0 fully saturated rings. The van der Waals surface area contributed by atoms with Gasteiger partial charge < -0.3 is 19.5 Å². The zero-order valence-electron chi connectivity index (χ0n) is 26.9. The van der Waals surface area contributed by atoms with Gasteiger partial charge in [0.25, 0.3) is 0 Å². The number of pyridine rings is 1. The van der Waals surface area contributed by atoms with E-state index < -0.39 is 34.0 Å². The molecule has 1 aliphatic heterocycles.